The van der Waals surface area contributed by atoms with Crippen LogP contribution in [0.5, 0.6) is 0 Å². The fourth-order valence-corrected chi connectivity index (χ4v) is 3.51. The van der Waals surface area contributed by atoms with E-state index in [1.165, 1.54) is 32.1 Å². The maximum absolute atomic E-state index is 10.6. The second kappa shape index (κ2) is 8.11. The number of hydrogen-bond acceptors (Lipinski definition) is 1. The highest BCUT2D eigenvalue weighted by Crippen LogP contribution is 2.47. The van der Waals surface area contributed by atoms with Crippen LogP contribution in [0.25, 0.3) is 0 Å². The van der Waals surface area contributed by atoms with Crippen LogP contribution in [0.4, 0.5) is 0 Å². The molecule has 122 valence electrons. The zero-order valence-corrected chi connectivity index (χ0v) is 14.9. The third-order valence-electron chi connectivity index (χ3n) is 4.86. The van der Waals surface area contributed by atoms with Crippen molar-refractivity contribution in [3.63, 3.8) is 0 Å². The van der Waals surface area contributed by atoms with Crippen molar-refractivity contribution in [2.24, 2.45) is 11.8 Å². The molecule has 0 aromatic heterocycles. The average molecular weight is 369 g/mol. The van der Waals surface area contributed by atoms with Gasteiger partial charge < -0.3 is 10.8 Å². The number of hydrogen-bond donors (Lipinski definition) is 2. The Labute approximate surface area is 141 Å². The molecule has 2 aliphatic carbocycles. The highest BCUT2D eigenvalue weighted by Gasteiger charge is 2.43. The molecule has 1 aromatic rings. The lowest BCUT2D eigenvalue weighted by molar-refractivity contribution is -0.428. The van der Waals surface area contributed by atoms with E-state index < -0.39 is 5.97 Å². The molecule has 2 saturated carbocycles. The smallest absolute Gasteiger partial charge is 0.307 e. The molecule has 2 unspecified atom stereocenters. The minimum atomic E-state index is -0.673. The summed E-state index contributed by atoms with van der Waals surface area (Å²) in [5.41, 5.74) is 5.20. The van der Waals surface area contributed by atoms with E-state index in [1.807, 2.05) is 24.3 Å². The summed E-state index contributed by atoms with van der Waals surface area (Å²) in [6.07, 6.45) is 8.02. The van der Waals surface area contributed by atoms with Crippen LogP contribution < -0.4 is 5.73 Å². The molecule has 0 amide bonds. The van der Waals surface area contributed by atoms with Gasteiger partial charge in [0.25, 0.3) is 0 Å². The Morgan fingerprint density at radius 2 is 1.82 bits per heavy atom. The first kappa shape index (κ1) is 17.5. The third-order valence-corrected chi connectivity index (χ3v) is 5.39. The summed E-state index contributed by atoms with van der Waals surface area (Å²) < 4.78 is 1.03. The summed E-state index contributed by atoms with van der Waals surface area (Å²) in [6, 6.07) is 8.56. The number of halogens is 1. The summed E-state index contributed by atoms with van der Waals surface area (Å²) in [4.78, 5) is 10.6. The normalized spacial score (nSPS) is 25.8. The Balaban J connectivity index is 0.000000172. The predicted octanol–water partition coefficient (Wildman–Crippen LogP) is 3.83. The summed E-state index contributed by atoms with van der Waals surface area (Å²) in [7, 11) is 0. The van der Waals surface area contributed by atoms with Gasteiger partial charge in [-0.2, -0.15) is 0 Å². The first-order valence-corrected chi connectivity index (χ1v) is 9.09. The van der Waals surface area contributed by atoms with E-state index in [9.17, 15) is 4.79 Å². The van der Waals surface area contributed by atoms with Gasteiger partial charge in [-0.3, -0.25) is 4.79 Å². The SMILES string of the molecule is C[C@@H]([NH3+])C1CCCCC1.O=C(O)C1CC1c1ccc(Br)cc1. The number of carboxylic acid groups (broad SMARTS) is 1. The van der Waals surface area contributed by atoms with Crippen LogP contribution in [0.15, 0.2) is 28.7 Å². The molecule has 0 spiro atoms. The van der Waals surface area contributed by atoms with Gasteiger partial charge in [-0.05, 0) is 49.8 Å². The van der Waals surface area contributed by atoms with E-state index in [-0.39, 0.29) is 11.8 Å². The van der Waals surface area contributed by atoms with Crippen LogP contribution >= 0.6 is 15.9 Å². The average Bonchev–Trinajstić information content (AvgIpc) is 3.30. The monoisotopic (exact) mass is 368 g/mol. The van der Waals surface area contributed by atoms with Crippen LogP contribution in [0.2, 0.25) is 0 Å². The Kier molecular flexibility index (Phi) is 6.45. The van der Waals surface area contributed by atoms with Gasteiger partial charge in [-0.1, -0.05) is 47.3 Å². The molecule has 4 heteroatoms. The van der Waals surface area contributed by atoms with Crippen molar-refractivity contribution in [2.45, 2.75) is 57.4 Å². The lowest BCUT2D eigenvalue weighted by Gasteiger charge is -2.22. The Morgan fingerprint density at radius 1 is 1.23 bits per heavy atom. The highest BCUT2D eigenvalue weighted by atomic mass is 79.9. The van der Waals surface area contributed by atoms with Gasteiger partial charge in [0.2, 0.25) is 0 Å². The van der Waals surface area contributed by atoms with Gasteiger partial charge >= 0.3 is 5.97 Å². The molecule has 2 aliphatic rings. The van der Waals surface area contributed by atoms with E-state index in [4.69, 9.17) is 5.11 Å². The molecule has 4 N–H and O–H groups in total. The molecule has 3 atom stereocenters. The van der Waals surface area contributed by atoms with Crippen molar-refractivity contribution in [1.82, 2.24) is 0 Å². The Bertz CT molecular complexity index is 480. The molecule has 2 fully saturated rings. The van der Waals surface area contributed by atoms with Crippen LogP contribution in [-0.4, -0.2) is 17.1 Å². The number of benzene rings is 1. The second-order valence-corrected chi connectivity index (χ2v) is 7.63. The highest BCUT2D eigenvalue weighted by molar-refractivity contribution is 9.10. The summed E-state index contributed by atoms with van der Waals surface area (Å²) >= 11 is 3.34. The molecule has 1 aromatic carbocycles. The maximum Gasteiger partial charge on any atom is 0.307 e. The molecular formula is C18H27BrNO2+. The van der Waals surface area contributed by atoms with Gasteiger partial charge in [0, 0.05) is 10.4 Å². The predicted molar refractivity (Wildman–Crippen MR) is 91.6 cm³/mol. The molecular weight excluding hydrogens is 342 g/mol. The zero-order chi connectivity index (χ0) is 16.1. The van der Waals surface area contributed by atoms with Gasteiger partial charge in [-0.25, -0.2) is 0 Å². The minimum absolute atomic E-state index is 0.152. The van der Waals surface area contributed by atoms with Gasteiger partial charge in [-0.15, -0.1) is 0 Å². The van der Waals surface area contributed by atoms with E-state index >= 15 is 0 Å². The van der Waals surface area contributed by atoms with Crippen LogP contribution in [0, 0.1) is 11.8 Å². The molecule has 0 aliphatic heterocycles. The molecule has 0 radical (unpaired) electrons. The molecule has 0 bridgehead atoms. The summed E-state index contributed by atoms with van der Waals surface area (Å²) in [6.45, 7) is 2.25. The molecule has 22 heavy (non-hydrogen) atoms. The van der Waals surface area contributed by atoms with E-state index in [2.05, 4.69) is 28.6 Å². The Hall–Kier alpha value is -0.870. The maximum atomic E-state index is 10.6. The first-order chi connectivity index (χ1) is 10.5. The van der Waals surface area contributed by atoms with Gasteiger partial charge in [0.05, 0.1) is 12.0 Å². The second-order valence-electron chi connectivity index (χ2n) is 6.71. The van der Waals surface area contributed by atoms with E-state index in [1.54, 1.807) is 0 Å². The zero-order valence-electron chi connectivity index (χ0n) is 13.3. The number of carboxylic acids is 1. The number of carbonyl (C=O) groups is 1. The summed E-state index contributed by atoms with van der Waals surface area (Å²) in [5.74, 6) is 0.360. The number of rotatable bonds is 3. The van der Waals surface area contributed by atoms with Crippen LogP contribution in [0.1, 0.15) is 56.9 Å². The standard InChI is InChI=1S/C10H9BrO2.C8H17N/c11-7-3-1-6(2-4-7)8-5-9(8)10(12)13;1-7(9)8-5-3-2-4-6-8/h1-4,8-9H,5H2,(H,12,13);7-8H,2-6,9H2,1H3/p+1/t;7-/m.1/s1. The minimum Gasteiger partial charge on any atom is -0.481 e. The van der Waals surface area contributed by atoms with Crippen molar-refractivity contribution in [3.8, 4) is 0 Å². The van der Waals surface area contributed by atoms with Crippen molar-refractivity contribution in [1.29, 1.82) is 0 Å². The van der Waals surface area contributed by atoms with E-state index in [0.29, 0.717) is 6.04 Å². The molecule has 0 saturated heterocycles. The van der Waals surface area contributed by atoms with Crippen molar-refractivity contribution in [2.75, 3.05) is 0 Å². The quantitative estimate of drug-likeness (QED) is 0.850. The lowest BCUT2D eigenvalue weighted by Crippen LogP contribution is -2.62. The van der Waals surface area contributed by atoms with E-state index in [0.717, 1.165) is 22.4 Å². The van der Waals surface area contributed by atoms with Crippen LogP contribution in [0.3, 0.4) is 0 Å². The lowest BCUT2D eigenvalue weighted by atomic mass is 9.85. The number of aliphatic carboxylic acids is 1. The summed E-state index contributed by atoms with van der Waals surface area (Å²) in [5, 5.41) is 8.73. The first-order valence-electron chi connectivity index (χ1n) is 8.30. The van der Waals surface area contributed by atoms with Crippen molar-refractivity contribution < 1.29 is 15.6 Å². The topological polar surface area (TPSA) is 64.9 Å². The fraction of sp³-hybridized carbons (Fsp3) is 0.611. The molecule has 3 nitrogen and oxygen atoms in total. The largest absolute Gasteiger partial charge is 0.481 e. The van der Waals surface area contributed by atoms with Crippen LogP contribution in [-0.2, 0) is 4.79 Å². The van der Waals surface area contributed by atoms with Gasteiger partial charge in [0.15, 0.2) is 0 Å². The van der Waals surface area contributed by atoms with Crippen molar-refractivity contribution in [3.05, 3.63) is 34.3 Å². The molecule has 3 rings (SSSR count). The third kappa shape index (κ3) is 5.10. The number of quaternary nitrogens is 1. The van der Waals surface area contributed by atoms with Gasteiger partial charge in [0.1, 0.15) is 0 Å². The molecule has 0 heterocycles. The Morgan fingerprint density at radius 3 is 2.23 bits per heavy atom. The fourth-order valence-electron chi connectivity index (χ4n) is 3.25. The van der Waals surface area contributed by atoms with Crippen molar-refractivity contribution >= 4 is 21.9 Å².